The van der Waals surface area contributed by atoms with Crippen LogP contribution in [0.2, 0.25) is 0 Å². The predicted molar refractivity (Wildman–Crippen MR) is 286 cm³/mol. The molecule has 0 bridgehead atoms. The maximum absolute atomic E-state index is 5.04. The molecule has 0 saturated heterocycles. The molecule has 11 heteroatoms. The third kappa shape index (κ3) is 12.2. The zero-order valence-electron chi connectivity index (χ0n) is 36.3. The van der Waals surface area contributed by atoms with Gasteiger partial charge in [-0.3, -0.25) is 0 Å². The second-order valence-electron chi connectivity index (χ2n) is 15.3. The third-order valence-electron chi connectivity index (χ3n) is 10.9. The molecule has 67 heavy (non-hydrogen) atoms. The van der Waals surface area contributed by atoms with Crippen LogP contribution in [0.5, 0.6) is 0 Å². The molecule has 0 fully saturated rings. The first kappa shape index (κ1) is 47.2. The third-order valence-corrected chi connectivity index (χ3v) is 12.0. The average Bonchev–Trinajstić information content (AvgIpc) is 4.05. The molecule has 0 spiro atoms. The van der Waals surface area contributed by atoms with Crippen LogP contribution in [-0.4, -0.2) is 19.6 Å². The standard InChI is InChI=1S/2C28H24N3P.2ClH.Ni/c2*32-28(23-16-8-3-9-17-23)29-24-18-10-11-19-26(24)31-27(22-14-6-2-7-15-22)20-25(30-31)21-12-4-1-5-13-21;;;/h2*1-20,28-29H,32H2;2*1H;/q;;;;+2/p-2. The number of hydrogen-bond donors (Lipinski definition) is 2. The Balaban J connectivity index is 0.000000172. The van der Waals surface area contributed by atoms with Gasteiger partial charge >= 0.3 is 33.0 Å². The quantitative estimate of drug-likeness (QED) is 0.0946. The molecule has 10 aromatic rings. The van der Waals surface area contributed by atoms with Crippen LogP contribution in [0.25, 0.3) is 56.4 Å². The van der Waals surface area contributed by atoms with Crippen molar-refractivity contribution in [1.82, 2.24) is 19.6 Å². The summed E-state index contributed by atoms with van der Waals surface area (Å²) in [6, 6.07) is 83.3. The fourth-order valence-corrected chi connectivity index (χ4v) is 8.45. The Kier molecular flexibility index (Phi) is 16.9. The Morgan fingerprint density at radius 2 is 0.642 bits per heavy atom. The molecule has 2 heterocycles. The number of aromatic nitrogens is 4. The van der Waals surface area contributed by atoms with Crippen LogP contribution in [0.1, 0.15) is 22.7 Å². The Bertz CT molecular complexity index is 2840. The summed E-state index contributed by atoms with van der Waals surface area (Å²) in [5, 5.41) is 17.4. The van der Waals surface area contributed by atoms with Crippen molar-refractivity contribution in [3.63, 3.8) is 0 Å². The predicted octanol–water partition coefficient (Wildman–Crippen LogP) is 15.8. The van der Waals surface area contributed by atoms with Crippen LogP contribution in [0.15, 0.2) is 243 Å². The van der Waals surface area contributed by atoms with Crippen LogP contribution in [0.4, 0.5) is 11.4 Å². The van der Waals surface area contributed by atoms with Gasteiger partial charge in [0.05, 0.1) is 57.1 Å². The van der Waals surface area contributed by atoms with Crippen LogP contribution < -0.4 is 10.6 Å². The van der Waals surface area contributed by atoms with E-state index in [4.69, 9.17) is 30.6 Å². The van der Waals surface area contributed by atoms with E-state index in [-0.39, 0.29) is 11.6 Å². The van der Waals surface area contributed by atoms with Gasteiger partial charge in [-0.25, -0.2) is 9.36 Å². The van der Waals surface area contributed by atoms with Crippen LogP contribution >= 0.6 is 38.9 Å². The van der Waals surface area contributed by atoms with E-state index >= 15 is 0 Å². The van der Waals surface area contributed by atoms with Gasteiger partial charge in [0.1, 0.15) is 0 Å². The molecule has 0 aliphatic rings. The summed E-state index contributed by atoms with van der Waals surface area (Å²) in [7, 11) is 15.2. The van der Waals surface area contributed by atoms with Crippen molar-refractivity contribution in [2.75, 3.05) is 10.6 Å². The molecule has 0 aliphatic carbocycles. The number of nitrogens with zero attached hydrogens (tertiary/aromatic N) is 4. The summed E-state index contributed by atoms with van der Waals surface area (Å²) >= 11 is 0.569. The van der Waals surface area contributed by atoms with Gasteiger partial charge in [0, 0.05) is 22.3 Å². The Labute approximate surface area is 412 Å². The molecule has 4 unspecified atom stereocenters. The topological polar surface area (TPSA) is 59.7 Å². The molecule has 8 aromatic carbocycles. The van der Waals surface area contributed by atoms with Gasteiger partial charge < -0.3 is 10.6 Å². The molecule has 6 nitrogen and oxygen atoms in total. The van der Waals surface area contributed by atoms with Gasteiger partial charge in [0.25, 0.3) is 0 Å². The van der Waals surface area contributed by atoms with Gasteiger partial charge in [-0.05, 0) is 47.5 Å². The fourth-order valence-electron chi connectivity index (χ4n) is 7.64. The van der Waals surface area contributed by atoms with Gasteiger partial charge in [0.15, 0.2) is 0 Å². The Morgan fingerprint density at radius 1 is 0.373 bits per heavy atom. The van der Waals surface area contributed by atoms with Crippen molar-refractivity contribution < 1.29 is 12.7 Å². The molecule has 336 valence electrons. The number of benzene rings is 8. The Morgan fingerprint density at radius 3 is 0.970 bits per heavy atom. The average molecular weight is 997 g/mol. The number of rotatable bonds is 12. The summed E-state index contributed by atoms with van der Waals surface area (Å²) < 4.78 is 4.09. The minimum atomic E-state index is 0.0849. The molecule has 0 amide bonds. The number of para-hydroxylation sites is 4. The van der Waals surface area contributed by atoms with Crippen LogP contribution in [-0.2, 0) is 12.7 Å². The van der Waals surface area contributed by atoms with E-state index in [0.717, 1.165) is 67.8 Å². The Hall–Kier alpha value is -6.29. The molecule has 0 aliphatic heterocycles. The molecule has 0 saturated carbocycles. The molecular weight excluding hydrogens is 948 g/mol. The first-order valence-electron chi connectivity index (χ1n) is 21.6. The second-order valence-corrected chi connectivity index (χ2v) is 18.2. The molecule has 10 rings (SSSR count). The van der Waals surface area contributed by atoms with E-state index in [9.17, 15) is 0 Å². The number of halogens is 2. The van der Waals surface area contributed by atoms with Crippen molar-refractivity contribution in [2.24, 2.45) is 0 Å². The molecule has 4 atom stereocenters. The van der Waals surface area contributed by atoms with Gasteiger partial charge in [-0.1, -0.05) is 206 Å². The van der Waals surface area contributed by atoms with Crippen molar-refractivity contribution in [2.45, 2.75) is 11.6 Å². The summed E-state index contributed by atoms with van der Waals surface area (Å²) in [6.45, 7) is 0. The number of nitrogens with one attached hydrogen (secondary N) is 2. The summed E-state index contributed by atoms with van der Waals surface area (Å²) in [6.07, 6.45) is 0. The molecule has 2 N–H and O–H groups in total. The van der Waals surface area contributed by atoms with E-state index < -0.39 is 0 Å². The minimum absolute atomic E-state index is 0.0849. The van der Waals surface area contributed by atoms with Crippen molar-refractivity contribution >= 4 is 50.2 Å². The second kappa shape index (κ2) is 23.9. The first-order chi connectivity index (χ1) is 33.0. The van der Waals surface area contributed by atoms with E-state index in [1.54, 1.807) is 0 Å². The van der Waals surface area contributed by atoms with Crippen LogP contribution in [0.3, 0.4) is 0 Å². The SMILES string of the molecule is PC(Nc1ccccc1-n1nc(-c2ccccc2)cc1-c1ccccc1)c1ccccc1.PC(Nc1ccccc1-n1nc(-c2ccccc2)cc1-c1ccccc1)c1ccccc1.[Cl][Ni][Cl]. The van der Waals surface area contributed by atoms with E-state index in [1.165, 1.54) is 11.1 Å². The van der Waals surface area contributed by atoms with E-state index in [2.05, 4.69) is 211 Å². The van der Waals surface area contributed by atoms with Crippen molar-refractivity contribution in [3.8, 4) is 56.4 Å². The number of hydrogen-bond acceptors (Lipinski definition) is 4. The summed E-state index contributed by atoms with van der Waals surface area (Å²) in [5.41, 5.74) is 14.9. The van der Waals surface area contributed by atoms with Crippen LogP contribution in [0, 0.1) is 0 Å². The summed E-state index contributed by atoms with van der Waals surface area (Å²) in [4.78, 5) is 0. The van der Waals surface area contributed by atoms with Crippen molar-refractivity contribution in [1.29, 1.82) is 0 Å². The van der Waals surface area contributed by atoms with Crippen molar-refractivity contribution in [3.05, 3.63) is 254 Å². The van der Waals surface area contributed by atoms with E-state index in [1.807, 2.05) is 70.0 Å². The monoisotopic (exact) mass is 994 g/mol. The summed E-state index contributed by atoms with van der Waals surface area (Å²) in [5.74, 6) is 0.170. The normalized spacial score (nSPS) is 11.6. The molecule has 2 aromatic heterocycles. The van der Waals surface area contributed by atoms with Gasteiger partial charge in [-0.15, -0.1) is 18.5 Å². The zero-order valence-corrected chi connectivity index (χ0v) is 41.1. The zero-order chi connectivity index (χ0) is 46.2. The number of anilines is 2. The van der Waals surface area contributed by atoms with Gasteiger partial charge in [0.2, 0.25) is 0 Å². The molecule has 0 radical (unpaired) electrons. The van der Waals surface area contributed by atoms with Gasteiger partial charge in [-0.2, -0.15) is 10.2 Å². The van der Waals surface area contributed by atoms with E-state index in [0.29, 0.717) is 12.7 Å². The maximum atomic E-state index is 5.04. The molecular formula is C56H48Cl2N6NiP2. The fraction of sp³-hybridized carbons (Fsp3) is 0.0357. The first-order valence-corrected chi connectivity index (χ1v) is 25.6.